The number of amides is 1. The number of pyridine rings is 1. The molecule has 0 radical (unpaired) electrons. The number of aromatic hydroxyl groups is 1. The first-order valence-corrected chi connectivity index (χ1v) is 9.80. The van der Waals surface area contributed by atoms with Crippen molar-refractivity contribution in [3.8, 4) is 5.75 Å². The Hall–Kier alpha value is -1.86. The van der Waals surface area contributed by atoms with Gasteiger partial charge >= 0.3 is 0 Å². The molecule has 0 bridgehead atoms. The van der Waals surface area contributed by atoms with Crippen LogP contribution in [0.25, 0.3) is 10.2 Å². The van der Waals surface area contributed by atoms with Gasteiger partial charge in [0.2, 0.25) is 0 Å². The SMILES string of the molecule is CCCN1CCC(NC(=O)c2c(O)c3ccsc3n(CC)c2=O)CC1. The quantitative estimate of drug-likeness (QED) is 0.855. The normalized spacial score (nSPS) is 16.4. The lowest BCUT2D eigenvalue weighted by molar-refractivity contribution is 0.0906. The molecule has 136 valence electrons. The van der Waals surface area contributed by atoms with Crippen LogP contribution in [-0.4, -0.2) is 46.2 Å². The third-order valence-electron chi connectivity index (χ3n) is 4.85. The first-order valence-electron chi connectivity index (χ1n) is 8.93. The van der Waals surface area contributed by atoms with Crippen LogP contribution in [0.3, 0.4) is 0 Å². The smallest absolute Gasteiger partial charge is 0.268 e. The van der Waals surface area contributed by atoms with E-state index in [-0.39, 0.29) is 17.4 Å². The van der Waals surface area contributed by atoms with E-state index >= 15 is 0 Å². The molecule has 6 nitrogen and oxygen atoms in total. The monoisotopic (exact) mass is 363 g/mol. The number of aryl methyl sites for hydroxylation is 1. The van der Waals surface area contributed by atoms with Gasteiger partial charge in [0, 0.05) is 25.7 Å². The molecule has 0 unspecified atom stereocenters. The van der Waals surface area contributed by atoms with Crippen LogP contribution < -0.4 is 10.9 Å². The summed E-state index contributed by atoms with van der Waals surface area (Å²) >= 11 is 1.39. The van der Waals surface area contributed by atoms with Crippen LogP contribution in [-0.2, 0) is 6.54 Å². The maximum atomic E-state index is 12.7. The molecule has 2 N–H and O–H groups in total. The highest BCUT2D eigenvalue weighted by Gasteiger charge is 2.26. The fourth-order valence-electron chi connectivity index (χ4n) is 3.52. The summed E-state index contributed by atoms with van der Waals surface area (Å²) in [7, 11) is 0. The van der Waals surface area contributed by atoms with Crippen molar-refractivity contribution in [1.29, 1.82) is 0 Å². The average Bonchev–Trinajstić information content (AvgIpc) is 3.07. The number of piperidine rings is 1. The molecule has 0 atom stereocenters. The van der Waals surface area contributed by atoms with Crippen LogP contribution in [0.5, 0.6) is 5.75 Å². The Labute approximate surface area is 151 Å². The number of hydrogen-bond donors (Lipinski definition) is 2. The minimum atomic E-state index is -0.466. The van der Waals surface area contributed by atoms with E-state index in [9.17, 15) is 14.7 Å². The maximum absolute atomic E-state index is 12.7. The second-order valence-corrected chi connectivity index (χ2v) is 7.40. The van der Waals surface area contributed by atoms with E-state index in [1.165, 1.54) is 11.3 Å². The Kier molecular flexibility index (Phi) is 5.44. The summed E-state index contributed by atoms with van der Waals surface area (Å²) in [6, 6.07) is 1.80. The average molecular weight is 363 g/mol. The van der Waals surface area contributed by atoms with Crippen molar-refractivity contribution in [2.45, 2.75) is 45.7 Å². The summed E-state index contributed by atoms with van der Waals surface area (Å²) < 4.78 is 1.55. The predicted molar refractivity (Wildman–Crippen MR) is 101 cm³/mol. The minimum absolute atomic E-state index is 0.0488. The zero-order valence-corrected chi connectivity index (χ0v) is 15.6. The molecule has 1 aliphatic heterocycles. The Morgan fingerprint density at radius 2 is 2.08 bits per heavy atom. The third kappa shape index (κ3) is 3.43. The Morgan fingerprint density at radius 3 is 2.72 bits per heavy atom. The number of carbonyl (C=O) groups excluding carboxylic acids is 1. The number of fused-ring (bicyclic) bond motifs is 1. The number of rotatable bonds is 5. The molecule has 25 heavy (non-hydrogen) atoms. The lowest BCUT2D eigenvalue weighted by Crippen LogP contribution is -2.46. The van der Waals surface area contributed by atoms with Gasteiger partial charge in [0.25, 0.3) is 11.5 Å². The van der Waals surface area contributed by atoms with E-state index in [2.05, 4.69) is 17.1 Å². The van der Waals surface area contributed by atoms with Crippen LogP contribution in [0, 0.1) is 0 Å². The molecule has 0 aliphatic carbocycles. The number of nitrogens with zero attached hydrogens (tertiary/aromatic N) is 2. The summed E-state index contributed by atoms with van der Waals surface area (Å²) in [6.07, 6.45) is 2.87. The predicted octanol–water partition coefficient (Wildman–Crippen LogP) is 2.39. The van der Waals surface area contributed by atoms with Gasteiger partial charge in [0.1, 0.15) is 16.1 Å². The lowest BCUT2D eigenvalue weighted by Gasteiger charge is -2.32. The van der Waals surface area contributed by atoms with Crippen LogP contribution in [0.15, 0.2) is 16.2 Å². The van der Waals surface area contributed by atoms with Crippen molar-refractivity contribution >= 4 is 27.5 Å². The van der Waals surface area contributed by atoms with E-state index in [0.29, 0.717) is 16.8 Å². The molecule has 0 spiro atoms. The fraction of sp³-hybridized carbons (Fsp3) is 0.556. The molecule has 0 saturated carbocycles. The van der Waals surface area contributed by atoms with Gasteiger partial charge in [-0.3, -0.25) is 14.2 Å². The van der Waals surface area contributed by atoms with Crippen molar-refractivity contribution in [1.82, 2.24) is 14.8 Å². The van der Waals surface area contributed by atoms with Crippen molar-refractivity contribution < 1.29 is 9.90 Å². The highest BCUT2D eigenvalue weighted by molar-refractivity contribution is 7.16. The summed E-state index contributed by atoms with van der Waals surface area (Å²) in [5.41, 5.74) is -0.556. The van der Waals surface area contributed by atoms with Gasteiger partial charge in [0.15, 0.2) is 0 Å². The van der Waals surface area contributed by atoms with E-state index < -0.39 is 11.5 Å². The Bertz CT molecular complexity index is 819. The molecule has 2 aromatic heterocycles. The van der Waals surface area contributed by atoms with Crippen LogP contribution in [0.1, 0.15) is 43.5 Å². The van der Waals surface area contributed by atoms with Gasteiger partial charge in [-0.25, -0.2) is 0 Å². The third-order valence-corrected chi connectivity index (χ3v) is 5.78. The van der Waals surface area contributed by atoms with Crippen LogP contribution in [0.4, 0.5) is 0 Å². The molecular weight excluding hydrogens is 338 g/mol. The number of thiophene rings is 1. The van der Waals surface area contributed by atoms with Gasteiger partial charge in [-0.2, -0.15) is 0 Å². The largest absolute Gasteiger partial charge is 0.506 e. The topological polar surface area (TPSA) is 74.6 Å². The Balaban J connectivity index is 1.82. The van der Waals surface area contributed by atoms with E-state index in [1.807, 2.05) is 12.3 Å². The van der Waals surface area contributed by atoms with Gasteiger partial charge in [-0.15, -0.1) is 11.3 Å². The summed E-state index contributed by atoms with van der Waals surface area (Å²) in [5, 5.41) is 15.8. The molecule has 1 amide bonds. The van der Waals surface area contributed by atoms with Crippen LogP contribution >= 0.6 is 11.3 Å². The molecule has 2 aromatic rings. The van der Waals surface area contributed by atoms with E-state index in [1.54, 1.807) is 10.6 Å². The number of aromatic nitrogens is 1. The van der Waals surface area contributed by atoms with E-state index in [0.717, 1.165) is 38.9 Å². The van der Waals surface area contributed by atoms with Crippen molar-refractivity contribution in [2.24, 2.45) is 0 Å². The standard InChI is InChI=1S/C18H25N3O3S/c1-3-8-20-9-5-12(6-10-20)19-16(23)14-15(22)13-7-11-25-18(13)21(4-2)17(14)24/h7,11-12,22H,3-6,8-10H2,1-2H3,(H,19,23). The molecule has 1 saturated heterocycles. The molecule has 1 aliphatic rings. The second-order valence-electron chi connectivity index (χ2n) is 6.50. The number of carbonyl (C=O) groups is 1. The zero-order valence-electron chi connectivity index (χ0n) is 14.7. The van der Waals surface area contributed by atoms with Gasteiger partial charge in [-0.05, 0) is 44.2 Å². The first-order chi connectivity index (χ1) is 12.1. The molecular formula is C18H25N3O3S. The van der Waals surface area contributed by atoms with Gasteiger partial charge < -0.3 is 15.3 Å². The fourth-order valence-corrected chi connectivity index (χ4v) is 4.48. The van der Waals surface area contributed by atoms with Gasteiger partial charge in [-0.1, -0.05) is 6.92 Å². The first kappa shape index (κ1) is 17.9. The molecule has 3 heterocycles. The maximum Gasteiger partial charge on any atom is 0.268 e. The van der Waals surface area contributed by atoms with Crippen LogP contribution in [0.2, 0.25) is 0 Å². The van der Waals surface area contributed by atoms with Crippen molar-refractivity contribution in [3.63, 3.8) is 0 Å². The van der Waals surface area contributed by atoms with Gasteiger partial charge in [0.05, 0.1) is 5.39 Å². The summed E-state index contributed by atoms with van der Waals surface area (Å²) in [4.78, 5) is 28.5. The molecule has 7 heteroatoms. The van der Waals surface area contributed by atoms with E-state index in [4.69, 9.17) is 0 Å². The second kappa shape index (κ2) is 7.58. The van der Waals surface area contributed by atoms with Crippen molar-refractivity contribution in [2.75, 3.05) is 19.6 Å². The lowest BCUT2D eigenvalue weighted by atomic mass is 10.0. The highest BCUT2D eigenvalue weighted by Crippen LogP contribution is 2.30. The minimum Gasteiger partial charge on any atom is -0.506 e. The Morgan fingerprint density at radius 1 is 1.36 bits per heavy atom. The zero-order chi connectivity index (χ0) is 18.0. The molecule has 1 fully saturated rings. The number of nitrogens with one attached hydrogen (secondary N) is 1. The molecule has 0 aromatic carbocycles. The summed E-state index contributed by atoms with van der Waals surface area (Å²) in [6.45, 7) is 7.48. The number of hydrogen-bond acceptors (Lipinski definition) is 5. The van der Waals surface area contributed by atoms with Crippen molar-refractivity contribution in [3.05, 3.63) is 27.4 Å². The highest BCUT2D eigenvalue weighted by atomic mass is 32.1. The number of likely N-dealkylation sites (tertiary alicyclic amines) is 1. The molecule has 3 rings (SSSR count). The summed E-state index contributed by atoms with van der Waals surface area (Å²) in [5.74, 6) is -0.668.